The first-order valence-corrected chi connectivity index (χ1v) is 12.1. The Hall–Kier alpha value is -1.54. The maximum atomic E-state index is 12.4. The number of likely N-dealkylation sites (tertiary alicyclic amines) is 1. The molecule has 0 spiro atoms. The predicted molar refractivity (Wildman–Crippen MR) is 126 cm³/mol. The molecule has 2 heterocycles. The predicted octanol–water partition coefficient (Wildman–Crippen LogP) is 2.64. The summed E-state index contributed by atoms with van der Waals surface area (Å²) in [6.45, 7) is 19.9. The van der Waals surface area contributed by atoms with Gasteiger partial charge >= 0.3 is 6.09 Å². The zero-order valence-corrected chi connectivity index (χ0v) is 20.5. The maximum Gasteiger partial charge on any atom is 0.410 e. The molecule has 0 radical (unpaired) electrons. The lowest BCUT2D eigenvalue weighted by atomic mass is 9.96. The highest BCUT2D eigenvalue weighted by Gasteiger charge is 2.27. The standard InChI is InChI=1S/C23H45N5O3/c1-6-24-21(25-11-8-12-26-15-17-30-18-16-26)28-13-9-20(10-14-28)19-27(7-2)22(29)31-23(3,4)5/h20H,6-19H2,1-5H3,(H,24,25). The van der Waals surface area contributed by atoms with E-state index in [1.54, 1.807) is 0 Å². The van der Waals surface area contributed by atoms with Crippen molar-refractivity contribution in [2.24, 2.45) is 10.9 Å². The van der Waals surface area contributed by atoms with Crippen LogP contribution in [0.3, 0.4) is 0 Å². The third kappa shape index (κ3) is 9.64. The average Bonchev–Trinajstić information content (AvgIpc) is 2.74. The highest BCUT2D eigenvalue weighted by Crippen LogP contribution is 2.20. The van der Waals surface area contributed by atoms with Gasteiger partial charge in [0.15, 0.2) is 5.96 Å². The number of hydrogen-bond acceptors (Lipinski definition) is 5. The molecule has 2 fully saturated rings. The molecule has 180 valence electrons. The van der Waals surface area contributed by atoms with E-state index in [2.05, 4.69) is 22.0 Å². The van der Waals surface area contributed by atoms with Crippen LogP contribution >= 0.6 is 0 Å². The number of aliphatic imine (C=N–C) groups is 1. The lowest BCUT2D eigenvalue weighted by Gasteiger charge is -2.36. The van der Waals surface area contributed by atoms with Crippen LogP contribution in [0.5, 0.6) is 0 Å². The topological polar surface area (TPSA) is 69.6 Å². The highest BCUT2D eigenvalue weighted by molar-refractivity contribution is 5.80. The summed E-state index contributed by atoms with van der Waals surface area (Å²) >= 11 is 0. The third-order valence-corrected chi connectivity index (χ3v) is 5.76. The quantitative estimate of drug-likeness (QED) is 0.356. The summed E-state index contributed by atoms with van der Waals surface area (Å²) in [4.78, 5) is 24.0. The number of guanidine groups is 1. The zero-order chi connectivity index (χ0) is 22.7. The van der Waals surface area contributed by atoms with E-state index in [1.807, 2.05) is 32.6 Å². The highest BCUT2D eigenvalue weighted by atomic mass is 16.6. The number of nitrogens with one attached hydrogen (secondary N) is 1. The Bertz CT molecular complexity index is 550. The first-order chi connectivity index (χ1) is 14.8. The van der Waals surface area contributed by atoms with Crippen molar-refractivity contribution in [1.29, 1.82) is 0 Å². The molecule has 0 aromatic heterocycles. The number of carbonyl (C=O) groups is 1. The summed E-state index contributed by atoms with van der Waals surface area (Å²) < 4.78 is 11.0. The molecule has 2 aliphatic rings. The van der Waals surface area contributed by atoms with Crippen molar-refractivity contribution in [1.82, 2.24) is 20.0 Å². The zero-order valence-electron chi connectivity index (χ0n) is 20.5. The molecule has 0 aromatic carbocycles. The van der Waals surface area contributed by atoms with E-state index < -0.39 is 5.60 Å². The molecule has 31 heavy (non-hydrogen) atoms. The van der Waals surface area contributed by atoms with Gasteiger partial charge in [-0.05, 0) is 59.8 Å². The molecule has 8 nitrogen and oxygen atoms in total. The van der Waals surface area contributed by atoms with Gasteiger partial charge in [0.1, 0.15) is 5.60 Å². The lowest BCUT2D eigenvalue weighted by molar-refractivity contribution is 0.0214. The molecule has 0 bridgehead atoms. The van der Waals surface area contributed by atoms with E-state index in [4.69, 9.17) is 14.5 Å². The molecule has 0 aromatic rings. The number of morpholine rings is 1. The molecular weight excluding hydrogens is 394 g/mol. The molecule has 1 amide bonds. The van der Waals surface area contributed by atoms with Crippen LogP contribution in [0.1, 0.15) is 53.9 Å². The monoisotopic (exact) mass is 439 g/mol. The van der Waals surface area contributed by atoms with Gasteiger partial charge in [-0.2, -0.15) is 0 Å². The van der Waals surface area contributed by atoms with Crippen molar-refractivity contribution in [3.05, 3.63) is 0 Å². The molecule has 0 saturated carbocycles. The summed E-state index contributed by atoms with van der Waals surface area (Å²) in [6.07, 6.45) is 3.01. The number of carbonyl (C=O) groups excluding carboxylic acids is 1. The van der Waals surface area contributed by atoms with Gasteiger partial charge in [0.2, 0.25) is 0 Å². The minimum Gasteiger partial charge on any atom is -0.444 e. The van der Waals surface area contributed by atoms with Gasteiger partial charge in [-0.1, -0.05) is 0 Å². The summed E-state index contributed by atoms with van der Waals surface area (Å²) in [5, 5.41) is 3.46. The molecule has 0 aliphatic carbocycles. The molecule has 1 N–H and O–H groups in total. The largest absolute Gasteiger partial charge is 0.444 e. The van der Waals surface area contributed by atoms with Crippen LogP contribution in [0, 0.1) is 5.92 Å². The number of rotatable bonds is 8. The number of ether oxygens (including phenoxy) is 2. The van der Waals surface area contributed by atoms with E-state index in [-0.39, 0.29) is 6.09 Å². The first kappa shape index (κ1) is 25.7. The second-order valence-corrected chi connectivity index (χ2v) is 9.49. The Morgan fingerprint density at radius 1 is 1.16 bits per heavy atom. The normalized spacial score (nSPS) is 19.4. The minimum absolute atomic E-state index is 0.201. The summed E-state index contributed by atoms with van der Waals surface area (Å²) in [7, 11) is 0. The Balaban J connectivity index is 1.77. The SMILES string of the molecule is CCNC(=NCCCN1CCOCC1)N1CCC(CN(CC)C(=O)OC(C)(C)C)CC1. The molecule has 2 saturated heterocycles. The first-order valence-electron chi connectivity index (χ1n) is 12.1. The maximum absolute atomic E-state index is 12.4. The lowest BCUT2D eigenvalue weighted by Crippen LogP contribution is -2.48. The second kappa shape index (κ2) is 13.1. The van der Waals surface area contributed by atoms with Gasteiger partial charge in [0, 0.05) is 58.9 Å². The molecule has 8 heteroatoms. The van der Waals surface area contributed by atoms with E-state index in [0.29, 0.717) is 12.5 Å². The van der Waals surface area contributed by atoms with Crippen molar-refractivity contribution in [3.8, 4) is 0 Å². The van der Waals surface area contributed by atoms with Crippen LogP contribution in [0.2, 0.25) is 0 Å². The van der Waals surface area contributed by atoms with Gasteiger partial charge in [-0.15, -0.1) is 0 Å². The van der Waals surface area contributed by atoms with Crippen LogP contribution in [0.4, 0.5) is 4.79 Å². The second-order valence-electron chi connectivity index (χ2n) is 9.49. The fourth-order valence-corrected chi connectivity index (χ4v) is 4.03. The summed E-state index contributed by atoms with van der Waals surface area (Å²) in [5.41, 5.74) is -0.452. The third-order valence-electron chi connectivity index (χ3n) is 5.76. The van der Waals surface area contributed by atoms with E-state index in [9.17, 15) is 4.79 Å². The molecular formula is C23H45N5O3. The van der Waals surface area contributed by atoms with Crippen molar-refractivity contribution in [3.63, 3.8) is 0 Å². The molecule has 0 atom stereocenters. The Kier molecular flexibility index (Phi) is 10.9. The smallest absolute Gasteiger partial charge is 0.410 e. The fraction of sp³-hybridized carbons (Fsp3) is 0.913. The van der Waals surface area contributed by atoms with Gasteiger partial charge in [-0.3, -0.25) is 9.89 Å². The molecule has 2 aliphatic heterocycles. The van der Waals surface area contributed by atoms with Crippen molar-refractivity contribution >= 4 is 12.1 Å². The van der Waals surface area contributed by atoms with Crippen LogP contribution < -0.4 is 5.32 Å². The van der Waals surface area contributed by atoms with Crippen LogP contribution in [0.15, 0.2) is 4.99 Å². The Labute approximate surface area is 189 Å². The van der Waals surface area contributed by atoms with Crippen LogP contribution in [-0.2, 0) is 9.47 Å². The molecule has 0 unspecified atom stereocenters. The van der Waals surface area contributed by atoms with Crippen molar-refractivity contribution in [2.45, 2.75) is 59.5 Å². The van der Waals surface area contributed by atoms with E-state index in [0.717, 1.165) is 90.8 Å². The van der Waals surface area contributed by atoms with E-state index in [1.165, 1.54) is 0 Å². The van der Waals surface area contributed by atoms with Crippen LogP contribution in [-0.4, -0.2) is 104 Å². The van der Waals surface area contributed by atoms with Gasteiger partial charge in [0.05, 0.1) is 13.2 Å². The number of amides is 1. The summed E-state index contributed by atoms with van der Waals surface area (Å²) in [6, 6.07) is 0. The Morgan fingerprint density at radius 3 is 2.42 bits per heavy atom. The van der Waals surface area contributed by atoms with Crippen molar-refractivity contribution in [2.75, 3.05) is 72.1 Å². The summed E-state index contributed by atoms with van der Waals surface area (Å²) in [5.74, 6) is 1.54. The Morgan fingerprint density at radius 2 is 1.84 bits per heavy atom. The fourth-order valence-electron chi connectivity index (χ4n) is 4.03. The minimum atomic E-state index is -0.452. The number of nitrogens with zero attached hydrogens (tertiary/aromatic N) is 4. The van der Waals surface area contributed by atoms with Crippen LogP contribution in [0.25, 0.3) is 0 Å². The molecule has 2 rings (SSSR count). The van der Waals surface area contributed by atoms with Gasteiger partial charge in [0.25, 0.3) is 0 Å². The number of hydrogen-bond donors (Lipinski definition) is 1. The number of piperidine rings is 1. The average molecular weight is 440 g/mol. The van der Waals surface area contributed by atoms with Crippen molar-refractivity contribution < 1.29 is 14.3 Å². The van der Waals surface area contributed by atoms with Gasteiger partial charge < -0.3 is 24.6 Å². The van der Waals surface area contributed by atoms with Gasteiger partial charge in [-0.25, -0.2) is 4.79 Å². The van der Waals surface area contributed by atoms with E-state index >= 15 is 0 Å².